The van der Waals surface area contributed by atoms with E-state index >= 15 is 0 Å². The fraction of sp³-hybridized carbons (Fsp3) is 0.562. The van der Waals surface area contributed by atoms with Crippen molar-refractivity contribution < 1.29 is 0 Å². The van der Waals surface area contributed by atoms with Gasteiger partial charge in [-0.1, -0.05) is 31.7 Å². The predicted molar refractivity (Wildman–Crippen MR) is 83.0 cm³/mol. The lowest BCUT2D eigenvalue weighted by Gasteiger charge is -2.28. The number of anilines is 1. The first-order valence-corrected chi connectivity index (χ1v) is 7.70. The molecule has 4 heteroatoms. The van der Waals surface area contributed by atoms with E-state index in [1.165, 1.54) is 38.5 Å². The fourth-order valence-electron chi connectivity index (χ4n) is 3.32. The molecule has 1 fully saturated rings. The summed E-state index contributed by atoms with van der Waals surface area (Å²) < 4.78 is 2.11. The van der Waals surface area contributed by atoms with Crippen molar-refractivity contribution in [1.29, 1.82) is 0 Å². The van der Waals surface area contributed by atoms with Gasteiger partial charge in [0.05, 0.1) is 5.69 Å². The van der Waals surface area contributed by atoms with Gasteiger partial charge in [-0.3, -0.25) is 0 Å². The molecule has 4 nitrogen and oxygen atoms in total. The predicted octanol–water partition coefficient (Wildman–Crippen LogP) is 2.95. The monoisotopic (exact) mass is 272 g/mol. The average molecular weight is 272 g/mol. The molecule has 2 aromatic rings. The maximum absolute atomic E-state index is 5.97. The van der Waals surface area contributed by atoms with Gasteiger partial charge in [-0.25, -0.2) is 4.98 Å². The number of hydrogen-bond donors (Lipinski definition) is 1. The van der Waals surface area contributed by atoms with Gasteiger partial charge in [0.2, 0.25) is 0 Å². The summed E-state index contributed by atoms with van der Waals surface area (Å²) in [6.07, 6.45) is 10.0. The van der Waals surface area contributed by atoms with E-state index in [2.05, 4.69) is 22.5 Å². The second-order valence-electron chi connectivity index (χ2n) is 5.77. The zero-order valence-corrected chi connectivity index (χ0v) is 12.3. The largest absolute Gasteiger partial charge is 0.355 e. The number of imidazole rings is 1. The molecule has 108 valence electrons. The zero-order chi connectivity index (χ0) is 13.9. The normalized spacial score (nSPS) is 17.3. The Hall–Kier alpha value is -1.55. The van der Waals surface area contributed by atoms with E-state index in [4.69, 9.17) is 10.7 Å². The summed E-state index contributed by atoms with van der Waals surface area (Å²) in [7, 11) is 2.18. The highest BCUT2D eigenvalue weighted by molar-refractivity contribution is 5.56. The maximum atomic E-state index is 5.97. The van der Waals surface area contributed by atoms with Gasteiger partial charge in [0.15, 0.2) is 5.82 Å². The maximum Gasteiger partial charge on any atom is 0.152 e. The third kappa shape index (κ3) is 2.40. The molecule has 0 amide bonds. The van der Waals surface area contributed by atoms with Crippen molar-refractivity contribution in [2.24, 2.45) is 5.73 Å². The van der Waals surface area contributed by atoms with Crippen LogP contribution in [-0.4, -0.2) is 22.5 Å². The van der Waals surface area contributed by atoms with E-state index in [0.29, 0.717) is 12.6 Å². The molecule has 0 aromatic carbocycles. The van der Waals surface area contributed by atoms with Crippen LogP contribution in [0.15, 0.2) is 24.4 Å². The second-order valence-corrected chi connectivity index (χ2v) is 5.77. The van der Waals surface area contributed by atoms with Crippen molar-refractivity contribution in [1.82, 2.24) is 9.38 Å². The molecule has 0 saturated heterocycles. The molecular formula is C16H24N4. The van der Waals surface area contributed by atoms with Crippen LogP contribution in [0.3, 0.4) is 0 Å². The van der Waals surface area contributed by atoms with Gasteiger partial charge in [0.1, 0.15) is 5.65 Å². The van der Waals surface area contributed by atoms with Crippen molar-refractivity contribution in [3.8, 4) is 0 Å². The molecular weight excluding hydrogens is 248 g/mol. The van der Waals surface area contributed by atoms with Gasteiger partial charge in [0, 0.05) is 25.8 Å². The Balaban J connectivity index is 1.95. The minimum atomic E-state index is 0.525. The Morgan fingerprint density at radius 2 is 2.00 bits per heavy atom. The molecule has 1 aliphatic carbocycles. The van der Waals surface area contributed by atoms with Crippen LogP contribution in [0.2, 0.25) is 0 Å². The zero-order valence-electron chi connectivity index (χ0n) is 12.3. The molecule has 0 radical (unpaired) electrons. The Kier molecular flexibility index (Phi) is 3.92. The number of nitrogens with zero attached hydrogens (tertiary/aromatic N) is 3. The van der Waals surface area contributed by atoms with Gasteiger partial charge in [-0.2, -0.15) is 0 Å². The van der Waals surface area contributed by atoms with Crippen molar-refractivity contribution in [3.05, 3.63) is 30.1 Å². The van der Waals surface area contributed by atoms with Crippen molar-refractivity contribution in [3.63, 3.8) is 0 Å². The fourth-order valence-corrected chi connectivity index (χ4v) is 3.32. The van der Waals surface area contributed by atoms with Crippen molar-refractivity contribution in [2.45, 2.75) is 51.1 Å². The minimum absolute atomic E-state index is 0.525. The third-order valence-corrected chi connectivity index (χ3v) is 4.51. The van der Waals surface area contributed by atoms with Crippen LogP contribution in [0.4, 0.5) is 5.82 Å². The standard InChI is InChI=1S/C16H24N4/c1-19(13-8-4-2-3-5-9-13)16-14(12-17)20-11-7-6-10-15(20)18-16/h6-7,10-11,13H,2-5,8-9,12,17H2,1H3. The molecule has 3 rings (SSSR count). The summed E-state index contributed by atoms with van der Waals surface area (Å²) in [5, 5.41) is 0. The molecule has 0 unspecified atom stereocenters. The van der Waals surface area contributed by atoms with E-state index in [1.807, 2.05) is 18.2 Å². The Labute approximate surface area is 120 Å². The van der Waals surface area contributed by atoms with E-state index in [9.17, 15) is 0 Å². The quantitative estimate of drug-likeness (QED) is 0.874. The molecule has 1 saturated carbocycles. The number of rotatable bonds is 3. The number of fused-ring (bicyclic) bond motifs is 1. The van der Waals surface area contributed by atoms with Crippen LogP contribution in [0.1, 0.15) is 44.2 Å². The van der Waals surface area contributed by atoms with E-state index < -0.39 is 0 Å². The van der Waals surface area contributed by atoms with Gasteiger partial charge >= 0.3 is 0 Å². The Morgan fingerprint density at radius 3 is 2.70 bits per heavy atom. The van der Waals surface area contributed by atoms with Gasteiger partial charge in [0.25, 0.3) is 0 Å². The number of pyridine rings is 1. The van der Waals surface area contributed by atoms with Crippen LogP contribution in [0.5, 0.6) is 0 Å². The molecule has 0 bridgehead atoms. The van der Waals surface area contributed by atoms with E-state index in [-0.39, 0.29) is 0 Å². The molecule has 0 aliphatic heterocycles. The lowest BCUT2D eigenvalue weighted by atomic mass is 10.1. The highest BCUT2D eigenvalue weighted by atomic mass is 15.2. The number of aromatic nitrogens is 2. The van der Waals surface area contributed by atoms with Crippen LogP contribution in [0.25, 0.3) is 5.65 Å². The van der Waals surface area contributed by atoms with E-state index in [0.717, 1.165) is 17.2 Å². The lowest BCUT2D eigenvalue weighted by Crippen LogP contribution is -2.32. The first-order valence-electron chi connectivity index (χ1n) is 7.70. The number of hydrogen-bond acceptors (Lipinski definition) is 3. The summed E-state index contributed by atoms with van der Waals surface area (Å²) in [4.78, 5) is 7.16. The summed E-state index contributed by atoms with van der Waals surface area (Å²) >= 11 is 0. The Bertz CT molecular complexity index is 567. The highest BCUT2D eigenvalue weighted by Gasteiger charge is 2.22. The molecule has 2 heterocycles. The summed E-state index contributed by atoms with van der Waals surface area (Å²) in [6, 6.07) is 6.71. The summed E-state index contributed by atoms with van der Waals surface area (Å²) in [5.41, 5.74) is 8.08. The van der Waals surface area contributed by atoms with Gasteiger partial charge in [-0.15, -0.1) is 0 Å². The highest BCUT2D eigenvalue weighted by Crippen LogP contribution is 2.27. The second kappa shape index (κ2) is 5.83. The summed E-state index contributed by atoms with van der Waals surface area (Å²) in [6.45, 7) is 0.525. The first kappa shape index (κ1) is 13.4. The SMILES string of the molecule is CN(c1nc2ccccn2c1CN)C1CCCCCC1. The van der Waals surface area contributed by atoms with Crippen LogP contribution >= 0.6 is 0 Å². The van der Waals surface area contributed by atoms with Crippen LogP contribution < -0.4 is 10.6 Å². The molecule has 20 heavy (non-hydrogen) atoms. The van der Waals surface area contributed by atoms with Crippen LogP contribution in [0, 0.1) is 0 Å². The average Bonchev–Trinajstić information content (AvgIpc) is 2.65. The van der Waals surface area contributed by atoms with Crippen molar-refractivity contribution in [2.75, 3.05) is 11.9 Å². The van der Waals surface area contributed by atoms with Crippen LogP contribution in [-0.2, 0) is 6.54 Å². The Morgan fingerprint density at radius 1 is 1.25 bits per heavy atom. The minimum Gasteiger partial charge on any atom is -0.355 e. The van der Waals surface area contributed by atoms with E-state index in [1.54, 1.807) is 0 Å². The molecule has 2 N–H and O–H groups in total. The molecule has 0 spiro atoms. The topological polar surface area (TPSA) is 46.6 Å². The first-order chi connectivity index (χ1) is 9.81. The van der Waals surface area contributed by atoms with Gasteiger partial charge in [-0.05, 0) is 25.0 Å². The molecule has 2 aromatic heterocycles. The smallest absolute Gasteiger partial charge is 0.152 e. The molecule has 1 aliphatic rings. The lowest BCUT2D eigenvalue weighted by molar-refractivity contribution is 0.548. The van der Waals surface area contributed by atoms with Gasteiger partial charge < -0.3 is 15.0 Å². The number of nitrogens with two attached hydrogens (primary N) is 1. The van der Waals surface area contributed by atoms with Crippen molar-refractivity contribution >= 4 is 11.5 Å². The summed E-state index contributed by atoms with van der Waals surface area (Å²) in [5.74, 6) is 1.06. The molecule has 0 atom stereocenters. The third-order valence-electron chi connectivity index (χ3n) is 4.51.